The maximum atomic E-state index is 11.1. The van der Waals surface area contributed by atoms with Gasteiger partial charge in [-0.15, -0.1) is 0 Å². The molecule has 0 saturated carbocycles. The van der Waals surface area contributed by atoms with Gasteiger partial charge in [0.2, 0.25) is 0 Å². The highest BCUT2D eigenvalue weighted by Crippen LogP contribution is 2.07. The van der Waals surface area contributed by atoms with Crippen LogP contribution in [0.3, 0.4) is 0 Å². The quantitative estimate of drug-likeness (QED) is 0.485. The lowest BCUT2D eigenvalue weighted by atomic mass is 10.1. The summed E-state index contributed by atoms with van der Waals surface area (Å²) in [6, 6.07) is 0. The summed E-state index contributed by atoms with van der Waals surface area (Å²) in [5.74, 6) is -0.268. The number of unbranched alkanes of at least 4 members (excludes halogenated alkanes) is 1. The summed E-state index contributed by atoms with van der Waals surface area (Å²) in [7, 11) is 0. The topological polar surface area (TPSA) is 54.5 Å². The van der Waals surface area contributed by atoms with Crippen molar-refractivity contribution >= 4 is 17.6 Å². The minimum Gasteiger partial charge on any atom is -0.300 e. The molecule has 0 aliphatic carbocycles. The van der Waals surface area contributed by atoms with Crippen molar-refractivity contribution in [3.05, 3.63) is 12.2 Å². The molecule has 0 radical (unpaired) electrons. The van der Waals surface area contributed by atoms with Gasteiger partial charge in [-0.1, -0.05) is 6.92 Å². The van der Waals surface area contributed by atoms with Crippen LogP contribution in [0.2, 0.25) is 0 Å². The Labute approximate surface area is 88.9 Å². The molecule has 0 atom stereocenters. The van der Waals surface area contributed by atoms with Crippen LogP contribution in [0, 0.1) is 0 Å². The standard InChI is InChI=1S/C11H15NO3/c1-2-9(13)5-3-4-8-12-10(14)6-7-11(12)15/h6-7H,2-5,8H2,1H3. The normalized spacial score (nSPS) is 15.1. The van der Waals surface area contributed by atoms with Crippen LogP contribution in [0.25, 0.3) is 0 Å². The highest BCUT2D eigenvalue weighted by atomic mass is 16.2. The number of carbonyl (C=O) groups excluding carboxylic acids is 3. The lowest BCUT2D eigenvalue weighted by Crippen LogP contribution is -2.30. The molecule has 1 aliphatic rings. The molecule has 0 fully saturated rings. The average Bonchev–Trinajstić information content (AvgIpc) is 2.54. The van der Waals surface area contributed by atoms with Gasteiger partial charge in [0.25, 0.3) is 11.8 Å². The SMILES string of the molecule is CCC(=O)CCCCN1C(=O)C=CC1=O. The number of ketones is 1. The number of hydrogen-bond donors (Lipinski definition) is 0. The van der Waals surface area contributed by atoms with E-state index in [0.717, 1.165) is 6.42 Å². The molecule has 1 rings (SSSR count). The second kappa shape index (κ2) is 5.44. The molecule has 0 aromatic carbocycles. The van der Waals surface area contributed by atoms with Gasteiger partial charge in [-0.05, 0) is 12.8 Å². The zero-order valence-corrected chi connectivity index (χ0v) is 8.86. The van der Waals surface area contributed by atoms with E-state index in [1.54, 1.807) is 0 Å². The van der Waals surface area contributed by atoms with Crippen molar-refractivity contribution in [1.82, 2.24) is 4.90 Å². The fourth-order valence-corrected chi connectivity index (χ4v) is 1.42. The Morgan fingerprint density at radius 2 is 1.80 bits per heavy atom. The number of nitrogens with zero attached hydrogens (tertiary/aromatic N) is 1. The summed E-state index contributed by atoms with van der Waals surface area (Å²) in [6.45, 7) is 2.25. The summed E-state index contributed by atoms with van der Waals surface area (Å²) >= 11 is 0. The van der Waals surface area contributed by atoms with Crippen LogP contribution in [-0.4, -0.2) is 29.0 Å². The monoisotopic (exact) mass is 209 g/mol. The Morgan fingerprint density at radius 1 is 1.20 bits per heavy atom. The second-order valence-electron chi connectivity index (χ2n) is 3.51. The number of amides is 2. The Bertz CT molecular complexity index is 289. The van der Waals surface area contributed by atoms with Crippen LogP contribution in [0.4, 0.5) is 0 Å². The molecule has 2 amide bonds. The fourth-order valence-electron chi connectivity index (χ4n) is 1.42. The van der Waals surface area contributed by atoms with E-state index >= 15 is 0 Å². The van der Waals surface area contributed by atoms with Gasteiger partial charge in [-0.2, -0.15) is 0 Å². The number of carbonyl (C=O) groups is 3. The van der Waals surface area contributed by atoms with Crippen LogP contribution >= 0.6 is 0 Å². The van der Waals surface area contributed by atoms with E-state index in [1.807, 2.05) is 6.92 Å². The molecule has 1 aliphatic heterocycles. The molecule has 0 aromatic rings. The van der Waals surface area contributed by atoms with Crippen molar-refractivity contribution in [2.45, 2.75) is 32.6 Å². The van der Waals surface area contributed by atoms with Crippen LogP contribution in [-0.2, 0) is 14.4 Å². The molecule has 15 heavy (non-hydrogen) atoms. The third kappa shape index (κ3) is 3.31. The first-order valence-corrected chi connectivity index (χ1v) is 5.20. The van der Waals surface area contributed by atoms with E-state index in [-0.39, 0.29) is 17.6 Å². The van der Waals surface area contributed by atoms with Gasteiger partial charge in [-0.25, -0.2) is 0 Å². The van der Waals surface area contributed by atoms with E-state index in [0.29, 0.717) is 25.8 Å². The molecule has 82 valence electrons. The minimum atomic E-state index is -0.248. The van der Waals surface area contributed by atoms with E-state index in [4.69, 9.17) is 0 Å². The molecule has 4 nitrogen and oxygen atoms in total. The van der Waals surface area contributed by atoms with Gasteiger partial charge < -0.3 is 0 Å². The summed E-state index contributed by atoms with van der Waals surface area (Å²) in [5.41, 5.74) is 0. The predicted molar refractivity (Wildman–Crippen MR) is 55.0 cm³/mol. The summed E-state index contributed by atoms with van der Waals surface area (Å²) in [4.78, 5) is 34.4. The highest BCUT2D eigenvalue weighted by molar-refractivity contribution is 6.12. The Hall–Kier alpha value is -1.45. The summed E-state index contributed by atoms with van der Waals surface area (Å²) in [5, 5.41) is 0. The lowest BCUT2D eigenvalue weighted by molar-refractivity contribution is -0.136. The van der Waals surface area contributed by atoms with Gasteiger partial charge in [0.1, 0.15) is 5.78 Å². The van der Waals surface area contributed by atoms with E-state index in [2.05, 4.69) is 0 Å². The molecule has 0 spiro atoms. The van der Waals surface area contributed by atoms with Crippen molar-refractivity contribution in [2.24, 2.45) is 0 Å². The van der Waals surface area contributed by atoms with Crippen molar-refractivity contribution in [1.29, 1.82) is 0 Å². The first-order chi connectivity index (χ1) is 7.15. The summed E-state index contributed by atoms with van der Waals surface area (Å²) in [6.07, 6.45) is 5.09. The predicted octanol–water partition coefficient (Wildman–Crippen LogP) is 1.06. The Morgan fingerprint density at radius 3 is 2.33 bits per heavy atom. The van der Waals surface area contributed by atoms with Gasteiger partial charge >= 0.3 is 0 Å². The Balaban J connectivity index is 2.18. The largest absolute Gasteiger partial charge is 0.300 e. The highest BCUT2D eigenvalue weighted by Gasteiger charge is 2.22. The number of imide groups is 1. The molecule has 0 aromatic heterocycles. The van der Waals surface area contributed by atoms with Crippen molar-refractivity contribution in [3.8, 4) is 0 Å². The van der Waals surface area contributed by atoms with Crippen molar-refractivity contribution in [3.63, 3.8) is 0 Å². The molecule has 1 heterocycles. The smallest absolute Gasteiger partial charge is 0.253 e. The van der Waals surface area contributed by atoms with Gasteiger partial charge in [0.15, 0.2) is 0 Å². The third-order valence-corrected chi connectivity index (χ3v) is 2.38. The molecule has 0 N–H and O–H groups in total. The third-order valence-electron chi connectivity index (χ3n) is 2.38. The molecular weight excluding hydrogens is 194 g/mol. The number of hydrogen-bond acceptors (Lipinski definition) is 3. The van der Waals surface area contributed by atoms with Crippen molar-refractivity contribution < 1.29 is 14.4 Å². The number of Topliss-reactive ketones (excluding diaryl/α,β-unsaturated/α-hetero) is 1. The van der Waals surface area contributed by atoms with Gasteiger partial charge in [0.05, 0.1) is 0 Å². The second-order valence-corrected chi connectivity index (χ2v) is 3.51. The van der Waals surface area contributed by atoms with E-state index < -0.39 is 0 Å². The Kier molecular flexibility index (Phi) is 4.21. The maximum absolute atomic E-state index is 11.1. The number of rotatable bonds is 6. The first kappa shape index (κ1) is 11.6. The van der Waals surface area contributed by atoms with Crippen LogP contribution in [0.1, 0.15) is 32.6 Å². The first-order valence-electron chi connectivity index (χ1n) is 5.20. The van der Waals surface area contributed by atoms with Crippen LogP contribution in [0.5, 0.6) is 0 Å². The van der Waals surface area contributed by atoms with Crippen LogP contribution < -0.4 is 0 Å². The van der Waals surface area contributed by atoms with Crippen molar-refractivity contribution in [2.75, 3.05) is 6.54 Å². The maximum Gasteiger partial charge on any atom is 0.253 e. The zero-order chi connectivity index (χ0) is 11.3. The molecule has 0 unspecified atom stereocenters. The van der Waals surface area contributed by atoms with Gasteiger partial charge in [-0.3, -0.25) is 19.3 Å². The summed E-state index contributed by atoms with van der Waals surface area (Å²) < 4.78 is 0. The van der Waals surface area contributed by atoms with E-state index in [1.165, 1.54) is 17.1 Å². The van der Waals surface area contributed by atoms with Crippen LogP contribution in [0.15, 0.2) is 12.2 Å². The molecule has 0 saturated heterocycles. The fraction of sp³-hybridized carbons (Fsp3) is 0.545. The lowest BCUT2D eigenvalue weighted by Gasteiger charge is -2.12. The minimum absolute atomic E-state index is 0.229. The molecular formula is C11H15NO3. The van der Waals surface area contributed by atoms with Gasteiger partial charge in [0, 0.05) is 31.5 Å². The zero-order valence-electron chi connectivity index (χ0n) is 8.86. The molecule has 0 bridgehead atoms. The molecule has 4 heteroatoms. The van der Waals surface area contributed by atoms with E-state index in [9.17, 15) is 14.4 Å². The average molecular weight is 209 g/mol.